The zero-order chi connectivity index (χ0) is 16.5. The quantitative estimate of drug-likeness (QED) is 0.815. The van der Waals surface area contributed by atoms with Crippen LogP contribution < -0.4 is 11.1 Å². The van der Waals surface area contributed by atoms with E-state index in [2.05, 4.69) is 5.32 Å². The number of carbonyl (C=O) groups is 1. The molecule has 0 aromatic heterocycles. The lowest BCUT2D eigenvalue weighted by molar-refractivity contribution is -0.123. The molecule has 0 unspecified atom stereocenters. The van der Waals surface area contributed by atoms with Crippen LogP contribution >= 0.6 is 12.4 Å². The summed E-state index contributed by atoms with van der Waals surface area (Å²) in [5.41, 5.74) is 6.00. The van der Waals surface area contributed by atoms with Crippen molar-refractivity contribution in [1.29, 1.82) is 0 Å². The van der Waals surface area contributed by atoms with Crippen LogP contribution in [0.2, 0.25) is 0 Å². The Bertz CT molecular complexity index is 681. The molecule has 0 spiro atoms. The molecule has 6 nitrogen and oxygen atoms in total. The Morgan fingerprint density at radius 1 is 1.12 bits per heavy atom. The fourth-order valence-corrected chi connectivity index (χ4v) is 4.27. The van der Waals surface area contributed by atoms with Gasteiger partial charge in [-0.05, 0) is 43.4 Å². The van der Waals surface area contributed by atoms with Crippen molar-refractivity contribution in [2.75, 3.05) is 13.1 Å². The normalized spacial score (nSPS) is 20.0. The first-order chi connectivity index (χ1) is 10.9. The molecule has 1 saturated carbocycles. The number of nitrogens with one attached hydrogen (secondary N) is 1. The van der Waals surface area contributed by atoms with Crippen molar-refractivity contribution in [2.24, 2.45) is 5.73 Å². The number of hydrogen-bond donors (Lipinski definition) is 2. The molecule has 0 atom stereocenters. The standard InChI is InChI=1S/C16H23N3O3S.ClH/c17-16(8-9-16)15(20)18-12-13-4-6-14(7-5-13)23(21,22)19-10-2-1-3-11-19;/h4-7H,1-3,8-12,17H2,(H,18,20);1H. The van der Waals surface area contributed by atoms with E-state index in [9.17, 15) is 13.2 Å². The van der Waals surface area contributed by atoms with Gasteiger partial charge in [-0.3, -0.25) is 4.79 Å². The van der Waals surface area contributed by atoms with Gasteiger partial charge in [0.2, 0.25) is 15.9 Å². The van der Waals surface area contributed by atoms with Gasteiger partial charge in [0.1, 0.15) is 0 Å². The highest BCUT2D eigenvalue weighted by Crippen LogP contribution is 2.32. The van der Waals surface area contributed by atoms with Crippen molar-refractivity contribution < 1.29 is 13.2 Å². The van der Waals surface area contributed by atoms with Gasteiger partial charge in [-0.25, -0.2) is 8.42 Å². The molecule has 1 aromatic rings. The first-order valence-corrected chi connectivity index (χ1v) is 9.52. The molecule has 1 heterocycles. The number of hydrogen-bond acceptors (Lipinski definition) is 4. The summed E-state index contributed by atoms with van der Waals surface area (Å²) in [7, 11) is -3.40. The molecule has 134 valence electrons. The fourth-order valence-electron chi connectivity index (χ4n) is 2.75. The Morgan fingerprint density at radius 3 is 2.25 bits per heavy atom. The summed E-state index contributed by atoms with van der Waals surface area (Å²) in [6, 6.07) is 6.71. The molecule has 0 bridgehead atoms. The Kier molecular flexibility index (Phi) is 5.91. The van der Waals surface area contributed by atoms with E-state index in [1.54, 1.807) is 28.6 Å². The minimum atomic E-state index is -3.40. The highest BCUT2D eigenvalue weighted by molar-refractivity contribution is 7.89. The molecule has 2 fully saturated rings. The molecule has 1 saturated heterocycles. The van der Waals surface area contributed by atoms with E-state index in [0.29, 0.717) is 24.5 Å². The molecule has 1 amide bonds. The number of halogens is 1. The Balaban J connectivity index is 0.00000208. The van der Waals surface area contributed by atoms with Gasteiger partial charge in [0.15, 0.2) is 0 Å². The van der Waals surface area contributed by atoms with E-state index in [-0.39, 0.29) is 18.3 Å². The van der Waals surface area contributed by atoms with Crippen LogP contribution in [0.25, 0.3) is 0 Å². The molecule has 8 heteroatoms. The van der Waals surface area contributed by atoms with Gasteiger partial charge >= 0.3 is 0 Å². The maximum absolute atomic E-state index is 12.5. The second-order valence-corrected chi connectivity index (χ2v) is 8.39. The van der Waals surface area contributed by atoms with Gasteiger partial charge in [-0.15, -0.1) is 12.4 Å². The van der Waals surface area contributed by atoms with Crippen LogP contribution in [0.1, 0.15) is 37.7 Å². The summed E-state index contributed by atoms with van der Waals surface area (Å²) < 4.78 is 26.6. The summed E-state index contributed by atoms with van der Waals surface area (Å²) in [5.74, 6) is -0.137. The highest BCUT2D eigenvalue weighted by Gasteiger charge is 2.45. The number of nitrogens with zero attached hydrogens (tertiary/aromatic N) is 1. The molecule has 1 aliphatic heterocycles. The molecule has 3 rings (SSSR count). The van der Waals surface area contributed by atoms with Crippen molar-refractivity contribution in [3.05, 3.63) is 29.8 Å². The predicted octanol–water partition coefficient (Wildman–Crippen LogP) is 1.39. The SMILES string of the molecule is Cl.NC1(C(=O)NCc2ccc(S(=O)(=O)N3CCCCC3)cc2)CC1. The second kappa shape index (κ2) is 7.39. The van der Waals surface area contributed by atoms with E-state index in [0.717, 1.165) is 37.7 Å². The zero-order valence-electron chi connectivity index (χ0n) is 13.5. The van der Waals surface area contributed by atoms with Gasteiger partial charge in [-0.1, -0.05) is 18.6 Å². The van der Waals surface area contributed by atoms with Crippen LogP contribution in [0.15, 0.2) is 29.2 Å². The molecule has 1 aliphatic carbocycles. The molecule has 1 aromatic carbocycles. The van der Waals surface area contributed by atoms with Gasteiger partial charge in [0, 0.05) is 19.6 Å². The Morgan fingerprint density at radius 2 is 1.71 bits per heavy atom. The summed E-state index contributed by atoms with van der Waals surface area (Å²) in [6.45, 7) is 1.55. The van der Waals surface area contributed by atoms with Gasteiger partial charge < -0.3 is 11.1 Å². The molecular weight excluding hydrogens is 350 g/mol. The van der Waals surface area contributed by atoms with Gasteiger partial charge in [0.25, 0.3) is 0 Å². The third kappa shape index (κ3) is 4.08. The number of nitrogens with two attached hydrogens (primary N) is 1. The smallest absolute Gasteiger partial charge is 0.243 e. The van der Waals surface area contributed by atoms with E-state index in [4.69, 9.17) is 5.73 Å². The molecule has 2 aliphatic rings. The Labute approximate surface area is 149 Å². The maximum atomic E-state index is 12.5. The zero-order valence-corrected chi connectivity index (χ0v) is 15.2. The lowest BCUT2D eigenvalue weighted by Crippen LogP contribution is -2.42. The van der Waals surface area contributed by atoms with Crippen LogP contribution in [0.3, 0.4) is 0 Å². The van der Waals surface area contributed by atoms with Crippen LogP contribution in [0.5, 0.6) is 0 Å². The van der Waals surface area contributed by atoms with Crippen LogP contribution in [0, 0.1) is 0 Å². The average molecular weight is 374 g/mol. The van der Waals surface area contributed by atoms with Crippen molar-refractivity contribution in [3.8, 4) is 0 Å². The average Bonchev–Trinajstić information content (AvgIpc) is 3.33. The number of amides is 1. The first-order valence-electron chi connectivity index (χ1n) is 8.08. The van der Waals surface area contributed by atoms with Crippen molar-refractivity contribution >= 4 is 28.3 Å². The Hall–Kier alpha value is -1.15. The monoisotopic (exact) mass is 373 g/mol. The van der Waals surface area contributed by atoms with E-state index >= 15 is 0 Å². The lowest BCUT2D eigenvalue weighted by atomic mass is 10.2. The highest BCUT2D eigenvalue weighted by atomic mass is 35.5. The van der Waals surface area contributed by atoms with Crippen molar-refractivity contribution in [3.63, 3.8) is 0 Å². The van der Waals surface area contributed by atoms with Gasteiger partial charge in [-0.2, -0.15) is 4.31 Å². The van der Waals surface area contributed by atoms with Crippen molar-refractivity contribution in [1.82, 2.24) is 9.62 Å². The summed E-state index contributed by atoms with van der Waals surface area (Å²) in [5, 5.41) is 2.80. The summed E-state index contributed by atoms with van der Waals surface area (Å²) in [6.07, 6.45) is 4.39. The second-order valence-electron chi connectivity index (χ2n) is 6.45. The lowest BCUT2D eigenvalue weighted by Gasteiger charge is -2.25. The fraction of sp³-hybridized carbons (Fsp3) is 0.562. The van der Waals surface area contributed by atoms with Crippen LogP contribution in [-0.2, 0) is 21.4 Å². The summed E-state index contributed by atoms with van der Waals surface area (Å²) >= 11 is 0. The van der Waals surface area contributed by atoms with Crippen LogP contribution in [0.4, 0.5) is 0 Å². The van der Waals surface area contributed by atoms with Gasteiger partial charge in [0.05, 0.1) is 10.4 Å². The van der Waals surface area contributed by atoms with Crippen molar-refractivity contribution in [2.45, 2.75) is 49.1 Å². The molecule has 0 radical (unpaired) electrons. The minimum absolute atomic E-state index is 0. The number of rotatable bonds is 5. The first kappa shape index (κ1) is 19.2. The minimum Gasteiger partial charge on any atom is -0.350 e. The third-order valence-corrected chi connectivity index (χ3v) is 6.48. The number of sulfonamides is 1. The van der Waals surface area contributed by atoms with E-state index < -0.39 is 15.6 Å². The topological polar surface area (TPSA) is 92.5 Å². The number of carbonyl (C=O) groups excluding carboxylic acids is 1. The predicted molar refractivity (Wildman–Crippen MR) is 94.3 cm³/mol. The third-order valence-electron chi connectivity index (χ3n) is 4.57. The maximum Gasteiger partial charge on any atom is 0.243 e. The van der Waals surface area contributed by atoms with E-state index in [1.807, 2.05) is 0 Å². The number of benzene rings is 1. The molecule has 3 N–H and O–H groups in total. The molecule has 24 heavy (non-hydrogen) atoms. The molecular formula is C16H24ClN3O3S. The van der Waals surface area contributed by atoms with Crippen LogP contribution in [-0.4, -0.2) is 37.3 Å². The van der Waals surface area contributed by atoms with E-state index in [1.165, 1.54) is 0 Å². The largest absolute Gasteiger partial charge is 0.350 e. The number of piperidine rings is 1. The summed E-state index contributed by atoms with van der Waals surface area (Å²) in [4.78, 5) is 12.1.